The maximum atomic E-state index is 11.2. The third-order valence-electron chi connectivity index (χ3n) is 1.93. The Labute approximate surface area is 97.9 Å². The Morgan fingerprint density at radius 2 is 2.24 bits per heavy atom. The summed E-state index contributed by atoms with van der Waals surface area (Å²) in [7, 11) is 0. The van der Waals surface area contributed by atoms with E-state index in [2.05, 4.69) is 16.1 Å². The minimum atomic E-state index is -0.826. The van der Waals surface area contributed by atoms with Crippen LogP contribution in [0.25, 0.3) is 0 Å². The van der Waals surface area contributed by atoms with Crippen molar-refractivity contribution < 1.29 is 28.6 Å². The van der Waals surface area contributed by atoms with E-state index in [1.807, 2.05) is 0 Å². The molecule has 0 aromatic carbocycles. The minimum Gasteiger partial charge on any atom is -0.458 e. The van der Waals surface area contributed by atoms with Gasteiger partial charge >= 0.3 is 18.0 Å². The molecule has 0 saturated carbocycles. The van der Waals surface area contributed by atoms with Crippen LogP contribution < -0.4 is 0 Å². The first kappa shape index (κ1) is 13.0. The SMILES string of the molecule is C=C(OC(C)=O)C(=O)OCCN1CCOC1=O. The van der Waals surface area contributed by atoms with Crippen molar-refractivity contribution >= 4 is 18.0 Å². The van der Waals surface area contributed by atoms with Crippen LogP contribution in [0.3, 0.4) is 0 Å². The van der Waals surface area contributed by atoms with E-state index in [0.29, 0.717) is 13.2 Å². The topological polar surface area (TPSA) is 82.1 Å². The fraction of sp³-hybridized carbons (Fsp3) is 0.500. The van der Waals surface area contributed by atoms with Crippen LogP contribution in [0.4, 0.5) is 4.79 Å². The van der Waals surface area contributed by atoms with Gasteiger partial charge in [-0.2, -0.15) is 0 Å². The number of carbonyl (C=O) groups excluding carboxylic acids is 3. The first-order chi connectivity index (χ1) is 8.00. The second-order valence-corrected chi connectivity index (χ2v) is 3.25. The van der Waals surface area contributed by atoms with Gasteiger partial charge in [0.2, 0.25) is 5.76 Å². The Hall–Kier alpha value is -2.05. The van der Waals surface area contributed by atoms with Crippen LogP contribution in [-0.4, -0.2) is 49.2 Å². The molecule has 1 aliphatic heterocycles. The van der Waals surface area contributed by atoms with Crippen LogP contribution in [0.5, 0.6) is 0 Å². The summed E-state index contributed by atoms with van der Waals surface area (Å²) in [5.74, 6) is -1.84. The molecule has 0 aromatic rings. The number of esters is 2. The summed E-state index contributed by atoms with van der Waals surface area (Å²) in [6.45, 7) is 5.43. The number of carbonyl (C=O) groups is 3. The largest absolute Gasteiger partial charge is 0.458 e. The van der Waals surface area contributed by atoms with Crippen LogP contribution in [-0.2, 0) is 23.8 Å². The molecule has 17 heavy (non-hydrogen) atoms. The van der Waals surface area contributed by atoms with Crippen LogP contribution in [0.2, 0.25) is 0 Å². The highest BCUT2D eigenvalue weighted by atomic mass is 16.6. The Morgan fingerprint density at radius 1 is 1.53 bits per heavy atom. The lowest BCUT2D eigenvalue weighted by molar-refractivity contribution is -0.150. The molecule has 0 N–H and O–H groups in total. The van der Waals surface area contributed by atoms with Crippen molar-refractivity contribution in [3.05, 3.63) is 12.3 Å². The summed E-state index contributed by atoms with van der Waals surface area (Å²) in [6, 6.07) is 0. The molecule has 0 atom stereocenters. The van der Waals surface area contributed by atoms with Gasteiger partial charge in [-0.3, -0.25) is 4.79 Å². The Bertz CT molecular complexity index is 351. The second kappa shape index (κ2) is 5.88. The molecule has 1 aliphatic rings. The maximum absolute atomic E-state index is 11.2. The molecule has 0 aliphatic carbocycles. The highest BCUT2D eigenvalue weighted by Gasteiger charge is 2.22. The summed E-state index contributed by atoms with van der Waals surface area (Å²) in [5, 5.41) is 0. The van der Waals surface area contributed by atoms with Gasteiger partial charge in [0.1, 0.15) is 13.2 Å². The Balaban J connectivity index is 2.22. The molecule has 0 aromatic heterocycles. The molecule has 0 spiro atoms. The third-order valence-corrected chi connectivity index (χ3v) is 1.93. The van der Waals surface area contributed by atoms with E-state index in [4.69, 9.17) is 4.74 Å². The van der Waals surface area contributed by atoms with Crippen molar-refractivity contribution in [3.63, 3.8) is 0 Å². The fourth-order valence-electron chi connectivity index (χ4n) is 1.17. The van der Waals surface area contributed by atoms with Crippen LogP contribution in [0.15, 0.2) is 12.3 Å². The lowest BCUT2D eigenvalue weighted by Gasteiger charge is -2.12. The summed E-state index contributed by atoms with van der Waals surface area (Å²) < 4.78 is 13.9. The van der Waals surface area contributed by atoms with E-state index in [1.165, 1.54) is 4.90 Å². The minimum absolute atomic E-state index is 0.00574. The van der Waals surface area contributed by atoms with Crippen LogP contribution >= 0.6 is 0 Å². The predicted molar refractivity (Wildman–Crippen MR) is 54.8 cm³/mol. The van der Waals surface area contributed by atoms with Gasteiger partial charge in [0.25, 0.3) is 0 Å². The summed E-state index contributed by atoms with van der Waals surface area (Å²) in [6.07, 6.45) is -0.431. The highest BCUT2D eigenvalue weighted by molar-refractivity contribution is 5.88. The zero-order valence-corrected chi connectivity index (χ0v) is 9.43. The van der Waals surface area contributed by atoms with Gasteiger partial charge in [0.15, 0.2) is 0 Å². The van der Waals surface area contributed by atoms with Gasteiger partial charge < -0.3 is 19.1 Å². The summed E-state index contributed by atoms with van der Waals surface area (Å²) in [4.78, 5) is 34.1. The zero-order valence-electron chi connectivity index (χ0n) is 9.43. The molecule has 94 valence electrons. The van der Waals surface area contributed by atoms with E-state index >= 15 is 0 Å². The van der Waals surface area contributed by atoms with Crippen molar-refractivity contribution in [2.75, 3.05) is 26.3 Å². The van der Waals surface area contributed by atoms with Crippen molar-refractivity contribution in [1.29, 1.82) is 0 Å². The number of hydrogen-bond acceptors (Lipinski definition) is 6. The maximum Gasteiger partial charge on any atom is 0.410 e. The van der Waals surface area contributed by atoms with Crippen molar-refractivity contribution in [2.45, 2.75) is 6.92 Å². The first-order valence-electron chi connectivity index (χ1n) is 4.97. The van der Waals surface area contributed by atoms with Gasteiger partial charge in [-0.1, -0.05) is 0 Å². The van der Waals surface area contributed by atoms with E-state index in [9.17, 15) is 14.4 Å². The quantitative estimate of drug-likeness (QED) is 0.294. The molecule has 1 rings (SSSR count). The lowest BCUT2D eigenvalue weighted by Crippen LogP contribution is -2.29. The molecule has 1 heterocycles. The van der Waals surface area contributed by atoms with Gasteiger partial charge in [-0.15, -0.1) is 0 Å². The molecule has 1 saturated heterocycles. The van der Waals surface area contributed by atoms with Gasteiger partial charge in [-0.05, 0) is 6.58 Å². The molecular formula is C10H13NO6. The number of nitrogens with zero attached hydrogens (tertiary/aromatic N) is 1. The van der Waals surface area contributed by atoms with Crippen LogP contribution in [0, 0.1) is 0 Å². The molecular weight excluding hydrogens is 230 g/mol. The second-order valence-electron chi connectivity index (χ2n) is 3.25. The monoisotopic (exact) mass is 243 g/mol. The number of ether oxygens (including phenoxy) is 3. The molecule has 7 heteroatoms. The molecule has 0 unspecified atom stereocenters. The molecule has 1 amide bonds. The summed E-state index contributed by atoms with van der Waals surface area (Å²) >= 11 is 0. The number of cyclic esters (lactones) is 1. The lowest BCUT2D eigenvalue weighted by atomic mass is 10.5. The average molecular weight is 243 g/mol. The van der Waals surface area contributed by atoms with Gasteiger partial charge in [0.05, 0.1) is 13.1 Å². The average Bonchev–Trinajstić information content (AvgIpc) is 2.63. The molecule has 1 fully saturated rings. The highest BCUT2D eigenvalue weighted by Crippen LogP contribution is 2.03. The van der Waals surface area contributed by atoms with Crippen molar-refractivity contribution in [3.8, 4) is 0 Å². The third kappa shape index (κ3) is 4.13. The molecule has 0 radical (unpaired) electrons. The van der Waals surface area contributed by atoms with Gasteiger partial charge in [-0.25, -0.2) is 9.59 Å². The Morgan fingerprint density at radius 3 is 2.76 bits per heavy atom. The zero-order chi connectivity index (χ0) is 12.8. The van der Waals surface area contributed by atoms with Gasteiger partial charge in [0, 0.05) is 6.92 Å². The van der Waals surface area contributed by atoms with Crippen molar-refractivity contribution in [1.82, 2.24) is 4.90 Å². The fourth-order valence-corrected chi connectivity index (χ4v) is 1.17. The van der Waals surface area contributed by atoms with E-state index in [0.717, 1.165) is 6.92 Å². The van der Waals surface area contributed by atoms with E-state index in [1.54, 1.807) is 0 Å². The van der Waals surface area contributed by atoms with E-state index < -0.39 is 18.0 Å². The van der Waals surface area contributed by atoms with E-state index in [-0.39, 0.29) is 18.9 Å². The number of rotatable bonds is 5. The predicted octanol–water partition coefficient (Wildman–Crippen LogP) is 0.0586. The standard InChI is InChI=1S/C10H13NO6/c1-7(17-8(2)12)9(13)15-5-3-11-4-6-16-10(11)14/h1,3-6H2,2H3. The Kier molecular flexibility index (Phi) is 4.50. The first-order valence-corrected chi connectivity index (χ1v) is 4.97. The summed E-state index contributed by atoms with van der Waals surface area (Å²) in [5.41, 5.74) is 0. The number of hydrogen-bond donors (Lipinski definition) is 0. The molecule has 0 bridgehead atoms. The normalized spacial score (nSPS) is 14.2. The van der Waals surface area contributed by atoms with Crippen LogP contribution in [0.1, 0.15) is 6.92 Å². The smallest absolute Gasteiger partial charge is 0.410 e. The van der Waals surface area contributed by atoms with Crippen molar-refractivity contribution in [2.24, 2.45) is 0 Å². The number of amides is 1. The molecule has 7 nitrogen and oxygen atoms in total.